The van der Waals surface area contributed by atoms with E-state index in [-0.39, 0.29) is 12.0 Å². The van der Waals surface area contributed by atoms with Crippen LogP contribution in [-0.4, -0.2) is 32.3 Å². The van der Waals surface area contributed by atoms with Crippen LogP contribution in [-0.2, 0) is 4.74 Å². The summed E-state index contributed by atoms with van der Waals surface area (Å²) in [5.41, 5.74) is 1.21. The third-order valence-electron chi connectivity index (χ3n) is 3.73. The quantitative estimate of drug-likeness (QED) is 0.839. The second-order valence-electron chi connectivity index (χ2n) is 5.40. The molecular formula is C18H18BrNO4. The third kappa shape index (κ3) is 3.88. The Morgan fingerprint density at radius 2 is 2.08 bits per heavy atom. The van der Waals surface area contributed by atoms with Gasteiger partial charge in [0.05, 0.1) is 26.0 Å². The van der Waals surface area contributed by atoms with Crippen LogP contribution in [0.15, 0.2) is 46.9 Å². The Hall–Kier alpha value is -2.05. The number of anilines is 1. The van der Waals surface area contributed by atoms with E-state index in [1.807, 2.05) is 24.3 Å². The van der Waals surface area contributed by atoms with Gasteiger partial charge < -0.3 is 19.5 Å². The Balaban J connectivity index is 1.79. The van der Waals surface area contributed by atoms with E-state index in [4.69, 9.17) is 14.2 Å². The molecular weight excluding hydrogens is 374 g/mol. The van der Waals surface area contributed by atoms with E-state index in [1.165, 1.54) is 0 Å². The van der Waals surface area contributed by atoms with Crippen LogP contribution in [0.3, 0.4) is 0 Å². The van der Waals surface area contributed by atoms with Crippen LogP contribution < -0.4 is 14.8 Å². The molecule has 0 saturated carbocycles. The van der Waals surface area contributed by atoms with Crippen molar-refractivity contribution in [1.29, 1.82) is 0 Å². The molecule has 1 aliphatic rings. The maximum absolute atomic E-state index is 12.5. The Morgan fingerprint density at radius 3 is 2.79 bits per heavy atom. The first-order valence-electron chi connectivity index (χ1n) is 7.65. The molecule has 0 spiro atoms. The molecule has 1 atom stereocenters. The molecule has 0 bridgehead atoms. The second kappa shape index (κ2) is 7.68. The van der Waals surface area contributed by atoms with Crippen molar-refractivity contribution < 1.29 is 19.0 Å². The van der Waals surface area contributed by atoms with Gasteiger partial charge in [0, 0.05) is 16.5 Å². The number of carbonyl (C=O) groups is 1. The maximum Gasteiger partial charge on any atom is 0.255 e. The van der Waals surface area contributed by atoms with Crippen molar-refractivity contribution >= 4 is 27.5 Å². The van der Waals surface area contributed by atoms with Gasteiger partial charge in [-0.15, -0.1) is 0 Å². The van der Waals surface area contributed by atoms with Crippen molar-refractivity contribution in [2.45, 2.75) is 12.5 Å². The average molecular weight is 392 g/mol. The van der Waals surface area contributed by atoms with E-state index in [0.717, 1.165) is 10.9 Å². The number of hydrogen-bond acceptors (Lipinski definition) is 4. The molecule has 0 aromatic heterocycles. The van der Waals surface area contributed by atoms with Crippen LogP contribution in [0.25, 0.3) is 0 Å². The number of nitrogens with one attached hydrogen (secondary N) is 1. The molecule has 6 heteroatoms. The number of para-hydroxylation sites is 1. The molecule has 1 N–H and O–H groups in total. The van der Waals surface area contributed by atoms with E-state index in [1.54, 1.807) is 25.3 Å². The van der Waals surface area contributed by atoms with Gasteiger partial charge in [0.1, 0.15) is 6.10 Å². The Morgan fingerprint density at radius 1 is 1.25 bits per heavy atom. The van der Waals surface area contributed by atoms with Gasteiger partial charge in [0.15, 0.2) is 11.5 Å². The standard InChI is InChI=1S/C18H18BrNO4/c1-22-16-7-6-12(10-17(16)24-13-8-9-23-11-13)18(21)20-15-5-3-2-4-14(15)19/h2-7,10,13H,8-9,11H2,1H3,(H,20,21). The number of rotatable bonds is 5. The molecule has 24 heavy (non-hydrogen) atoms. The van der Waals surface area contributed by atoms with Gasteiger partial charge in [-0.2, -0.15) is 0 Å². The number of carbonyl (C=O) groups excluding carboxylic acids is 1. The van der Waals surface area contributed by atoms with Crippen LogP contribution in [0.5, 0.6) is 11.5 Å². The maximum atomic E-state index is 12.5. The summed E-state index contributed by atoms with van der Waals surface area (Å²) >= 11 is 3.42. The summed E-state index contributed by atoms with van der Waals surface area (Å²) in [4.78, 5) is 12.5. The van der Waals surface area contributed by atoms with Crippen molar-refractivity contribution in [2.24, 2.45) is 0 Å². The van der Waals surface area contributed by atoms with Gasteiger partial charge in [-0.3, -0.25) is 4.79 Å². The molecule has 1 unspecified atom stereocenters. The minimum Gasteiger partial charge on any atom is -0.493 e. The molecule has 3 rings (SSSR count). The summed E-state index contributed by atoms with van der Waals surface area (Å²) < 4.78 is 17.4. The lowest BCUT2D eigenvalue weighted by Crippen LogP contribution is -2.17. The normalized spacial score (nSPS) is 16.7. The van der Waals surface area contributed by atoms with E-state index < -0.39 is 0 Å². The SMILES string of the molecule is COc1ccc(C(=O)Nc2ccccc2Br)cc1OC1CCOC1. The highest BCUT2D eigenvalue weighted by atomic mass is 79.9. The zero-order valence-corrected chi connectivity index (χ0v) is 14.8. The van der Waals surface area contributed by atoms with E-state index in [2.05, 4.69) is 21.2 Å². The highest BCUT2D eigenvalue weighted by molar-refractivity contribution is 9.10. The first kappa shape index (κ1) is 16.8. The molecule has 1 saturated heterocycles. The van der Waals surface area contributed by atoms with Gasteiger partial charge in [-0.1, -0.05) is 12.1 Å². The first-order valence-corrected chi connectivity index (χ1v) is 8.45. The molecule has 126 valence electrons. The molecule has 0 radical (unpaired) electrons. The third-order valence-corrected chi connectivity index (χ3v) is 4.42. The number of hydrogen-bond donors (Lipinski definition) is 1. The minimum absolute atomic E-state index is 0.0134. The van der Waals surface area contributed by atoms with Crippen molar-refractivity contribution in [3.63, 3.8) is 0 Å². The summed E-state index contributed by atoms with van der Waals surface area (Å²) in [6.07, 6.45) is 0.816. The number of benzene rings is 2. The highest BCUT2D eigenvalue weighted by Crippen LogP contribution is 2.31. The highest BCUT2D eigenvalue weighted by Gasteiger charge is 2.20. The molecule has 1 fully saturated rings. The van der Waals surface area contributed by atoms with Gasteiger partial charge in [-0.25, -0.2) is 0 Å². The van der Waals surface area contributed by atoms with E-state index >= 15 is 0 Å². The number of halogens is 1. The molecule has 5 nitrogen and oxygen atoms in total. The van der Waals surface area contributed by atoms with Crippen molar-refractivity contribution in [3.8, 4) is 11.5 Å². The smallest absolute Gasteiger partial charge is 0.255 e. The molecule has 1 heterocycles. The summed E-state index contributed by atoms with van der Waals surface area (Å²) in [5.74, 6) is 0.934. The summed E-state index contributed by atoms with van der Waals surface area (Å²) in [5, 5.41) is 2.88. The largest absolute Gasteiger partial charge is 0.493 e. The van der Waals surface area contributed by atoms with Crippen LogP contribution >= 0.6 is 15.9 Å². The monoisotopic (exact) mass is 391 g/mol. The van der Waals surface area contributed by atoms with Crippen LogP contribution in [0.4, 0.5) is 5.69 Å². The number of ether oxygens (including phenoxy) is 3. The Bertz CT molecular complexity index is 729. The lowest BCUT2D eigenvalue weighted by atomic mass is 10.1. The summed E-state index contributed by atoms with van der Waals surface area (Å²) in [6, 6.07) is 12.6. The molecule has 1 aliphatic heterocycles. The van der Waals surface area contributed by atoms with Gasteiger partial charge in [0.25, 0.3) is 5.91 Å². The zero-order chi connectivity index (χ0) is 16.9. The van der Waals surface area contributed by atoms with Gasteiger partial charge in [0.2, 0.25) is 0 Å². The van der Waals surface area contributed by atoms with Crippen molar-refractivity contribution in [1.82, 2.24) is 0 Å². The molecule has 2 aromatic rings. The van der Waals surface area contributed by atoms with Gasteiger partial charge >= 0.3 is 0 Å². The fourth-order valence-electron chi connectivity index (χ4n) is 2.45. The lowest BCUT2D eigenvalue weighted by molar-refractivity contribution is 0.102. The summed E-state index contributed by atoms with van der Waals surface area (Å²) in [7, 11) is 1.58. The molecule has 1 amide bonds. The second-order valence-corrected chi connectivity index (χ2v) is 6.26. The van der Waals surface area contributed by atoms with Crippen LogP contribution in [0.1, 0.15) is 16.8 Å². The van der Waals surface area contributed by atoms with Gasteiger partial charge in [-0.05, 0) is 46.3 Å². The molecule has 2 aromatic carbocycles. The predicted octanol–water partition coefficient (Wildman–Crippen LogP) is 3.88. The van der Waals surface area contributed by atoms with Crippen LogP contribution in [0, 0.1) is 0 Å². The first-order chi connectivity index (χ1) is 11.7. The van der Waals surface area contributed by atoms with Crippen molar-refractivity contribution in [2.75, 3.05) is 25.6 Å². The Kier molecular flexibility index (Phi) is 5.37. The fourth-order valence-corrected chi connectivity index (χ4v) is 2.84. The fraction of sp³-hybridized carbons (Fsp3) is 0.278. The lowest BCUT2D eigenvalue weighted by Gasteiger charge is -2.16. The summed E-state index contributed by atoms with van der Waals surface area (Å²) in [6.45, 7) is 1.24. The zero-order valence-electron chi connectivity index (χ0n) is 13.3. The number of methoxy groups -OCH3 is 1. The average Bonchev–Trinajstić information content (AvgIpc) is 3.10. The topological polar surface area (TPSA) is 56.8 Å². The van der Waals surface area contributed by atoms with E-state index in [9.17, 15) is 4.79 Å². The van der Waals surface area contributed by atoms with Crippen LogP contribution in [0.2, 0.25) is 0 Å². The Labute approximate surface area is 149 Å². The predicted molar refractivity (Wildman–Crippen MR) is 94.9 cm³/mol. The van der Waals surface area contributed by atoms with Crippen molar-refractivity contribution in [3.05, 3.63) is 52.5 Å². The molecule has 0 aliphatic carbocycles. The van der Waals surface area contributed by atoms with E-state index in [0.29, 0.717) is 36.0 Å². The minimum atomic E-state index is -0.211. The number of amides is 1.